The molecule has 204 valence electrons. The lowest BCUT2D eigenvalue weighted by Gasteiger charge is -2.58. The second-order valence-electron chi connectivity index (χ2n) is 13.1. The number of carbonyl (C=O) groups excluding carboxylic acids is 1. The third-order valence-electron chi connectivity index (χ3n) is 11.3. The lowest BCUT2D eigenvalue weighted by atomic mass is 9.47. The van der Waals surface area contributed by atoms with Gasteiger partial charge in [0.05, 0.1) is 11.5 Å². The summed E-state index contributed by atoms with van der Waals surface area (Å²) in [4.78, 5) is 28.7. The minimum Gasteiger partial charge on any atom is -0.481 e. The Bertz CT molecular complexity index is 1010. The average molecular weight is 513 g/mol. The van der Waals surface area contributed by atoms with E-state index in [4.69, 9.17) is 9.94 Å². The number of carboxylic acids is 1. The second kappa shape index (κ2) is 9.87. The number of oxime groups is 1. The standard InChI is InChI=1S/C30H44N2O5/c1-28-13-10-22(32-37-18-26(33)31-17-19-4-6-20(7-5-19)27(34)35)16-21(28)8-9-23-24(28)11-14-29(2)25(23)12-15-30(29,3)36/h10,13,16,19-20,23-25,36H,4-9,11-12,14-15,17-18H2,1-3H3,(H,31,33)(H,34,35). The molecule has 0 bridgehead atoms. The molecular weight excluding hydrogens is 468 g/mol. The van der Waals surface area contributed by atoms with Gasteiger partial charge in [-0.15, -0.1) is 0 Å². The number of fused-ring (bicyclic) bond motifs is 5. The molecule has 0 heterocycles. The van der Waals surface area contributed by atoms with Crippen LogP contribution in [0.5, 0.6) is 0 Å². The number of rotatable bonds is 6. The number of carbonyl (C=O) groups is 2. The molecular formula is C30H44N2O5. The normalized spacial score (nSPS) is 43.8. The molecule has 0 aromatic heterocycles. The van der Waals surface area contributed by atoms with Crippen molar-refractivity contribution < 1.29 is 24.6 Å². The van der Waals surface area contributed by atoms with Crippen molar-refractivity contribution >= 4 is 17.6 Å². The molecule has 7 heteroatoms. The minimum absolute atomic E-state index is 0.0226. The van der Waals surface area contributed by atoms with Gasteiger partial charge in [0, 0.05) is 12.0 Å². The first-order chi connectivity index (χ1) is 17.5. The van der Waals surface area contributed by atoms with Crippen LogP contribution in [0.25, 0.3) is 0 Å². The molecule has 6 atom stereocenters. The fourth-order valence-electron chi connectivity index (χ4n) is 8.60. The van der Waals surface area contributed by atoms with Gasteiger partial charge in [-0.3, -0.25) is 9.59 Å². The number of allylic oxidation sites excluding steroid dienone is 4. The smallest absolute Gasteiger partial charge is 0.306 e. The Morgan fingerprint density at radius 1 is 1.05 bits per heavy atom. The number of nitrogens with one attached hydrogen (secondary N) is 1. The van der Waals surface area contributed by atoms with Crippen molar-refractivity contribution in [2.24, 2.45) is 45.6 Å². The van der Waals surface area contributed by atoms with Crippen LogP contribution < -0.4 is 5.32 Å². The lowest BCUT2D eigenvalue weighted by molar-refractivity contribution is -0.143. The van der Waals surface area contributed by atoms with E-state index < -0.39 is 11.6 Å². The Hall–Kier alpha value is -2.15. The average Bonchev–Trinajstić information content (AvgIpc) is 3.11. The van der Waals surface area contributed by atoms with Crippen LogP contribution in [-0.4, -0.2) is 46.6 Å². The van der Waals surface area contributed by atoms with Crippen LogP contribution in [0, 0.1) is 40.4 Å². The first-order valence-electron chi connectivity index (χ1n) is 14.4. The predicted molar refractivity (Wildman–Crippen MR) is 142 cm³/mol. The van der Waals surface area contributed by atoms with Gasteiger partial charge in [0.25, 0.3) is 5.91 Å². The van der Waals surface area contributed by atoms with E-state index in [1.54, 1.807) is 0 Å². The van der Waals surface area contributed by atoms with Crippen LogP contribution in [0.4, 0.5) is 0 Å². The highest BCUT2D eigenvalue weighted by atomic mass is 16.6. The van der Waals surface area contributed by atoms with Crippen molar-refractivity contribution in [3.8, 4) is 0 Å². The molecule has 5 aliphatic rings. The van der Waals surface area contributed by atoms with Crippen molar-refractivity contribution in [2.75, 3.05) is 13.2 Å². The molecule has 0 radical (unpaired) electrons. The maximum absolute atomic E-state index is 12.2. The van der Waals surface area contributed by atoms with E-state index in [9.17, 15) is 14.7 Å². The van der Waals surface area contributed by atoms with E-state index >= 15 is 0 Å². The Labute approximate surface area is 220 Å². The molecule has 37 heavy (non-hydrogen) atoms. The van der Waals surface area contributed by atoms with E-state index in [0.29, 0.717) is 43.1 Å². The molecule has 4 fully saturated rings. The molecule has 5 aliphatic carbocycles. The maximum Gasteiger partial charge on any atom is 0.306 e. The summed E-state index contributed by atoms with van der Waals surface area (Å²) < 4.78 is 0. The van der Waals surface area contributed by atoms with Gasteiger partial charge in [0.15, 0.2) is 6.61 Å². The fraction of sp³-hybridized carbons (Fsp3) is 0.767. The number of hydrogen-bond acceptors (Lipinski definition) is 5. The van der Waals surface area contributed by atoms with Crippen LogP contribution in [0.2, 0.25) is 0 Å². The van der Waals surface area contributed by atoms with Crippen molar-refractivity contribution in [3.63, 3.8) is 0 Å². The zero-order chi connectivity index (χ0) is 26.4. The van der Waals surface area contributed by atoms with Crippen molar-refractivity contribution in [2.45, 2.75) is 90.6 Å². The molecule has 0 spiro atoms. The summed E-state index contributed by atoms with van der Waals surface area (Å²) in [7, 11) is 0. The molecule has 6 unspecified atom stereocenters. The van der Waals surface area contributed by atoms with Gasteiger partial charge in [-0.1, -0.05) is 30.7 Å². The third-order valence-corrected chi connectivity index (χ3v) is 11.3. The summed E-state index contributed by atoms with van der Waals surface area (Å²) in [5.74, 6) is 1.03. The van der Waals surface area contributed by atoms with Crippen molar-refractivity contribution in [1.29, 1.82) is 0 Å². The number of amides is 1. The summed E-state index contributed by atoms with van der Waals surface area (Å²) in [6.45, 7) is 7.20. The third kappa shape index (κ3) is 4.77. The van der Waals surface area contributed by atoms with Crippen LogP contribution in [-0.2, 0) is 14.4 Å². The Kier molecular flexibility index (Phi) is 7.05. The molecule has 5 rings (SSSR count). The first kappa shape index (κ1) is 26.5. The molecule has 4 saturated carbocycles. The van der Waals surface area contributed by atoms with E-state index in [-0.39, 0.29) is 29.3 Å². The molecule has 0 saturated heterocycles. The number of nitrogens with zero attached hydrogens (tertiary/aromatic N) is 1. The van der Waals surface area contributed by atoms with Gasteiger partial charge in [0.2, 0.25) is 0 Å². The minimum atomic E-state index is -0.708. The fourth-order valence-corrected chi connectivity index (χ4v) is 8.60. The van der Waals surface area contributed by atoms with Gasteiger partial charge in [-0.05, 0) is 112 Å². The lowest BCUT2D eigenvalue weighted by Crippen LogP contribution is -2.53. The summed E-state index contributed by atoms with van der Waals surface area (Å²) in [5.41, 5.74) is 1.67. The van der Waals surface area contributed by atoms with E-state index in [0.717, 1.165) is 50.7 Å². The highest BCUT2D eigenvalue weighted by Crippen LogP contribution is 2.66. The zero-order valence-corrected chi connectivity index (χ0v) is 22.7. The SMILES string of the molecule is CC12C=CC(=NOCC(=O)NCC3CCC(C(=O)O)CC3)C=C1CCC1C2CCC2(C)C1CCC2(C)O. The molecule has 1 amide bonds. The van der Waals surface area contributed by atoms with Gasteiger partial charge < -0.3 is 20.4 Å². The monoisotopic (exact) mass is 512 g/mol. The summed E-state index contributed by atoms with van der Waals surface area (Å²) in [6.07, 6.45) is 16.0. The van der Waals surface area contributed by atoms with Gasteiger partial charge in [-0.2, -0.15) is 0 Å². The number of hydrogen-bond donors (Lipinski definition) is 3. The van der Waals surface area contributed by atoms with Crippen molar-refractivity contribution in [3.05, 3.63) is 23.8 Å². The molecule has 7 nitrogen and oxygen atoms in total. The highest BCUT2D eigenvalue weighted by molar-refractivity contribution is 6.05. The van der Waals surface area contributed by atoms with Crippen molar-refractivity contribution in [1.82, 2.24) is 5.32 Å². The van der Waals surface area contributed by atoms with E-state index in [1.807, 2.05) is 6.08 Å². The molecule has 0 aromatic carbocycles. The largest absolute Gasteiger partial charge is 0.481 e. The summed E-state index contributed by atoms with van der Waals surface area (Å²) in [6, 6.07) is 0. The van der Waals surface area contributed by atoms with Crippen LogP contribution in [0.3, 0.4) is 0 Å². The zero-order valence-electron chi connectivity index (χ0n) is 22.7. The Morgan fingerprint density at radius 2 is 1.78 bits per heavy atom. The van der Waals surface area contributed by atoms with Crippen LogP contribution >= 0.6 is 0 Å². The van der Waals surface area contributed by atoms with Gasteiger partial charge in [-0.25, -0.2) is 0 Å². The number of aliphatic carboxylic acids is 1. The quantitative estimate of drug-likeness (QED) is 0.441. The summed E-state index contributed by atoms with van der Waals surface area (Å²) in [5, 5.41) is 27.4. The van der Waals surface area contributed by atoms with E-state index in [2.05, 4.69) is 43.4 Å². The maximum atomic E-state index is 12.2. The van der Waals surface area contributed by atoms with Crippen LogP contribution in [0.15, 0.2) is 29.0 Å². The van der Waals surface area contributed by atoms with E-state index in [1.165, 1.54) is 12.0 Å². The second-order valence-corrected chi connectivity index (χ2v) is 13.1. The topological polar surface area (TPSA) is 108 Å². The number of carboxylic acid groups (broad SMARTS) is 1. The van der Waals surface area contributed by atoms with Gasteiger partial charge >= 0.3 is 5.97 Å². The predicted octanol–water partition coefficient (Wildman–Crippen LogP) is 4.86. The van der Waals surface area contributed by atoms with Gasteiger partial charge in [0.1, 0.15) is 5.71 Å². The molecule has 3 N–H and O–H groups in total. The molecule has 0 aromatic rings. The number of aliphatic hydroxyl groups is 1. The highest BCUT2D eigenvalue weighted by Gasteiger charge is 2.61. The Morgan fingerprint density at radius 3 is 2.51 bits per heavy atom. The molecule has 0 aliphatic heterocycles. The first-order valence-corrected chi connectivity index (χ1v) is 14.4. The van der Waals surface area contributed by atoms with Crippen LogP contribution in [0.1, 0.15) is 85.0 Å². The Balaban J connectivity index is 1.13. The summed E-state index contributed by atoms with van der Waals surface area (Å²) >= 11 is 0.